The second-order valence-corrected chi connectivity index (χ2v) is 4.01. The lowest BCUT2D eigenvalue weighted by molar-refractivity contribution is -0.384. The van der Waals surface area contributed by atoms with Gasteiger partial charge in [0, 0.05) is 11.0 Å². The minimum Gasteiger partial charge on any atom is -0.465 e. The molecule has 0 unspecified atom stereocenters. The third-order valence-corrected chi connectivity index (χ3v) is 2.95. The second kappa shape index (κ2) is 5.18. The zero-order valence-electron chi connectivity index (χ0n) is 8.52. The molecule has 7 heteroatoms. The van der Waals surface area contributed by atoms with Crippen molar-refractivity contribution in [1.29, 1.82) is 0 Å². The molecule has 1 aromatic carbocycles. The Bertz CT molecular complexity index is 449. The normalized spacial score (nSPS) is 9.94. The van der Waals surface area contributed by atoms with Crippen molar-refractivity contribution in [2.75, 3.05) is 13.4 Å². The summed E-state index contributed by atoms with van der Waals surface area (Å²) < 4.78 is 4.54. The molecule has 0 bridgehead atoms. The molecular formula is C9H8ClNO4S. The summed E-state index contributed by atoms with van der Waals surface area (Å²) in [5.41, 5.74) is -0.161. The number of carbonyl (C=O) groups excluding carboxylic acids is 1. The number of nitro groups is 1. The third-order valence-electron chi connectivity index (χ3n) is 1.87. The molecule has 0 radical (unpaired) electrons. The Balaban J connectivity index is 3.40. The molecule has 1 aromatic rings. The number of methoxy groups -OCH3 is 1. The standard InChI is InChI=1S/C9H8ClNO4S/c1-15-9(12)5-3-7(11(13)14)6(10)4-8(5)16-2/h3-4H,1-2H3. The summed E-state index contributed by atoms with van der Waals surface area (Å²) >= 11 is 6.98. The van der Waals surface area contributed by atoms with Gasteiger partial charge in [-0.2, -0.15) is 0 Å². The molecule has 0 atom stereocenters. The Kier molecular flexibility index (Phi) is 4.14. The summed E-state index contributed by atoms with van der Waals surface area (Å²) in [4.78, 5) is 21.9. The molecule has 0 N–H and O–H groups in total. The predicted molar refractivity (Wildman–Crippen MR) is 61.2 cm³/mol. The minimum absolute atomic E-state index is 0.00185. The Hall–Kier alpha value is -1.27. The highest BCUT2D eigenvalue weighted by molar-refractivity contribution is 7.98. The molecular weight excluding hydrogens is 254 g/mol. The van der Waals surface area contributed by atoms with Crippen LogP contribution in [-0.4, -0.2) is 24.3 Å². The summed E-state index contributed by atoms with van der Waals surface area (Å²) in [7, 11) is 1.22. The summed E-state index contributed by atoms with van der Waals surface area (Å²) in [5.74, 6) is -0.621. The molecule has 5 nitrogen and oxygen atoms in total. The molecule has 1 rings (SSSR count). The molecule has 0 aliphatic heterocycles. The van der Waals surface area contributed by atoms with E-state index in [0.29, 0.717) is 4.90 Å². The molecule has 16 heavy (non-hydrogen) atoms. The van der Waals surface area contributed by atoms with Crippen LogP contribution in [0, 0.1) is 10.1 Å². The Labute approximate surface area is 101 Å². The third kappa shape index (κ3) is 2.45. The first-order chi connectivity index (χ1) is 7.51. The van der Waals surface area contributed by atoms with Crippen LogP contribution in [0.15, 0.2) is 17.0 Å². The zero-order chi connectivity index (χ0) is 12.3. The van der Waals surface area contributed by atoms with Crippen LogP contribution in [0.25, 0.3) is 0 Å². The van der Waals surface area contributed by atoms with Gasteiger partial charge in [0.05, 0.1) is 17.6 Å². The first-order valence-corrected chi connectivity index (χ1v) is 5.71. The van der Waals surface area contributed by atoms with Gasteiger partial charge in [-0.1, -0.05) is 11.6 Å². The van der Waals surface area contributed by atoms with E-state index in [1.807, 2.05) is 0 Å². The molecule has 0 amide bonds. The van der Waals surface area contributed by atoms with Crippen molar-refractivity contribution < 1.29 is 14.5 Å². The van der Waals surface area contributed by atoms with E-state index in [4.69, 9.17) is 11.6 Å². The van der Waals surface area contributed by atoms with Crippen molar-refractivity contribution in [3.8, 4) is 0 Å². The fourth-order valence-electron chi connectivity index (χ4n) is 1.12. The van der Waals surface area contributed by atoms with Gasteiger partial charge in [-0.25, -0.2) is 4.79 Å². The van der Waals surface area contributed by atoms with Crippen molar-refractivity contribution in [1.82, 2.24) is 0 Å². The van der Waals surface area contributed by atoms with Crippen LogP contribution in [0.1, 0.15) is 10.4 Å². The Morgan fingerprint density at radius 1 is 1.56 bits per heavy atom. The molecule has 0 aliphatic rings. The number of nitrogens with zero attached hydrogens (tertiary/aromatic N) is 1. The fourth-order valence-corrected chi connectivity index (χ4v) is 2.02. The van der Waals surface area contributed by atoms with Gasteiger partial charge >= 0.3 is 5.97 Å². The molecule has 0 spiro atoms. The van der Waals surface area contributed by atoms with Gasteiger partial charge in [-0.3, -0.25) is 10.1 Å². The van der Waals surface area contributed by atoms with Gasteiger partial charge in [-0.15, -0.1) is 11.8 Å². The molecule has 86 valence electrons. The number of thioether (sulfide) groups is 1. The number of halogens is 1. The molecule has 0 saturated heterocycles. The van der Waals surface area contributed by atoms with Gasteiger partial charge < -0.3 is 4.74 Å². The number of esters is 1. The van der Waals surface area contributed by atoms with Crippen molar-refractivity contribution in [3.63, 3.8) is 0 Å². The number of hydrogen-bond acceptors (Lipinski definition) is 5. The number of nitro benzene ring substituents is 1. The molecule has 0 aromatic heterocycles. The van der Waals surface area contributed by atoms with Crippen LogP contribution in [-0.2, 0) is 4.74 Å². The summed E-state index contributed by atoms with van der Waals surface area (Å²) in [6.45, 7) is 0. The van der Waals surface area contributed by atoms with Crippen LogP contribution in [0.3, 0.4) is 0 Å². The van der Waals surface area contributed by atoms with E-state index in [2.05, 4.69) is 4.74 Å². The number of benzene rings is 1. The van der Waals surface area contributed by atoms with Crippen molar-refractivity contribution in [3.05, 3.63) is 32.8 Å². The molecule has 0 aliphatic carbocycles. The smallest absolute Gasteiger partial charge is 0.339 e. The topological polar surface area (TPSA) is 69.4 Å². The Morgan fingerprint density at radius 3 is 2.62 bits per heavy atom. The van der Waals surface area contributed by atoms with E-state index in [1.54, 1.807) is 6.26 Å². The second-order valence-electron chi connectivity index (χ2n) is 2.75. The van der Waals surface area contributed by atoms with Gasteiger partial charge in [-0.05, 0) is 12.3 Å². The number of carbonyl (C=O) groups is 1. The average molecular weight is 262 g/mol. The lowest BCUT2D eigenvalue weighted by atomic mass is 10.2. The quantitative estimate of drug-likeness (QED) is 0.362. The highest BCUT2D eigenvalue weighted by Crippen LogP contribution is 2.32. The minimum atomic E-state index is -0.640. The first-order valence-electron chi connectivity index (χ1n) is 4.11. The highest BCUT2D eigenvalue weighted by atomic mass is 35.5. The SMILES string of the molecule is COC(=O)c1cc([N+](=O)[O-])c(Cl)cc1SC. The maximum atomic E-state index is 11.4. The van der Waals surface area contributed by atoms with Crippen LogP contribution in [0.4, 0.5) is 5.69 Å². The predicted octanol–water partition coefficient (Wildman–Crippen LogP) is 2.76. The lowest BCUT2D eigenvalue weighted by Gasteiger charge is -2.06. The van der Waals surface area contributed by atoms with Crippen molar-refractivity contribution in [2.24, 2.45) is 0 Å². The first kappa shape index (κ1) is 12.8. The van der Waals surface area contributed by atoms with E-state index in [1.165, 1.54) is 24.9 Å². The van der Waals surface area contributed by atoms with Crippen LogP contribution >= 0.6 is 23.4 Å². The lowest BCUT2D eigenvalue weighted by Crippen LogP contribution is -2.04. The number of hydrogen-bond donors (Lipinski definition) is 0. The van der Waals surface area contributed by atoms with Gasteiger partial charge in [0.2, 0.25) is 0 Å². The maximum absolute atomic E-state index is 11.4. The maximum Gasteiger partial charge on any atom is 0.339 e. The monoisotopic (exact) mass is 261 g/mol. The van der Waals surface area contributed by atoms with Crippen molar-refractivity contribution in [2.45, 2.75) is 4.90 Å². The summed E-state index contributed by atoms with van der Waals surface area (Å²) in [5, 5.41) is 10.6. The van der Waals surface area contributed by atoms with E-state index in [0.717, 1.165) is 6.07 Å². The van der Waals surface area contributed by atoms with Crippen LogP contribution in [0.2, 0.25) is 5.02 Å². The van der Waals surface area contributed by atoms with Crippen molar-refractivity contribution >= 4 is 35.0 Å². The van der Waals surface area contributed by atoms with Gasteiger partial charge in [0.25, 0.3) is 5.69 Å². The van der Waals surface area contributed by atoms with Gasteiger partial charge in [0.1, 0.15) is 5.02 Å². The summed E-state index contributed by atoms with van der Waals surface area (Å²) in [6, 6.07) is 2.51. The van der Waals surface area contributed by atoms with Gasteiger partial charge in [0.15, 0.2) is 0 Å². The van der Waals surface area contributed by atoms with E-state index in [-0.39, 0.29) is 16.3 Å². The zero-order valence-corrected chi connectivity index (χ0v) is 10.1. The molecule has 0 saturated carbocycles. The largest absolute Gasteiger partial charge is 0.465 e. The van der Waals surface area contributed by atoms with E-state index >= 15 is 0 Å². The highest BCUT2D eigenvalue weighted by Gasteiger charge is 2.20. The molecule has 0 fully saturated rings. The summed E-state index contributed by atoms with van der Waals surface area (Å²) in [6.07, 6.45) is 1.74. The number of rotatable bonds is 3. The number of ether oxygens (including phenoxy) is 1. The van der Waals surface area contributed by atoms with E-state index < -0.39 is 10.9 Å². The molecule has 0 heterocycles. The Morgan fingerprint density at radius 2 is 2.19 bits per heavy atom. The van der Waals surface area contributed by atoms with Crippen LogP contribution < -0.4 is 0 Å². The fraction of sp³-hybridized carbons (Fsp3) is 0.222. The average Bonchev–Trinajstić information content (AvgIpc) is 2.27. The van der Waals surface area contributed by atoms with Crippen LogP contribution in [0.5, 0.6) is 0 Å². The van der Waals surface area contributed by atoms with E-state index in [9.17, 15) is 14.9 Å².